The average Bonchev–Trinajstić information content (AvgIpc) is 2.47. The number of methoxy groups -OCH3 is 1. The average molecular weight is 305 g/mol. The standard InChI is InChI=1S/C17H17ClO3/c1-21-16-7-5-12(6-8-16)9-14(17(19)20)10-13-3-2-4-15(18)11-13/h2-8,11,14H,9-10H2,1H3,(H,19,20). The molecule has 2 rings (SSSR count). The molecule has 0 aliphatic carbocycles. The molecule has 0 heterocycles. The second kappa shape index (κ2) is 7.14. The lowest BCUT2D eigenvalue weighted by Gasteiger charge is -2.13. The van der Waals surface area contributed by atoms with Gasteiger partial charge in [0, 0.05) is 5.02 Å². The highest BCUT2D eigenvalue weighted by Crippen LogP contribution is 2.19. The van der Waals surface area contributed by atoms with Crippen molar-refractivity contribution >= 4 is 17.6 Å². The molecule has 0 amide bonds. The maximum atomic E-state index is 11.5. The van der Waals surface area contributed by atoms with Crippen LogP contribution in [0.3, 0.4) is 0 Å². The molecule has 1 N–H and O–H groups in total. The first-order valence-corrected chi connectivity index (χ1v) is 7.06. The second-order valence-electron chi connectivity index (χ2n) is 4.92. The molecule has 0 spiro atoms. The molecular weight excluding hydrogens is 288 g/mol. The van der Waals surface area contributed by atoms with E-state index in [-0.39, 0.29) is 0 Å². The van der Waals surface area contributed by atoms with Gasteiger partial charge in [0.25, 0.3) is 0 Å². The molecule has 0 aliphatic rings. The van der Waals surface area contributed by atoms with Gasteiger partial charge < -0.3 is 9.84 Å². The van der Waals surface area contributed by atoms with Gasteiger partial charge in [0.05, 0.1) is 13.0 Å². The number of rotatable bonds is 6. The zero-order valence-corrected chi connectivity index (χ0v) is 12.5. The van der Waals surface area contributed by atoms with Gasteiger partial charge in [-0.3, -0.25) is 4.79 Å². The molecular formula is C17H17ClO3. The molecule has 0 aromatic heterocycles. The SMILES string of the molecule is COc1ccc(CC(Cc2cccc(Cl)c2)C(=O)O)cc1. The van der Waals surface area contributed by atoms with Crippen LogP contribution in [-0.2, 0) is 17.6 Å². The predicted molar refractivity (Wildman–Crippen MR) is 83.0 cm³/mol. The molecule has 3 nitrogen and oxygen atoms in total. The van der Waals surface area contributed by atoms with Crippen LogP contribution in [0.2, 0.25) is 5.02 Å². The fourth-order valence-electron chi connectivity index (χ4n) is 2.24. The topological polar surface area (TPSA) is 46.5 Å². The second-order valence-corrected chi connectivity index (χ2v) is 5.36. The molecule has 21 heavy (non-hydrogen) atoms. The van der Waals surface area contributed by atoms with E-state index in [1.807, 2.05) is 42.5 Å². The summed E-state index contributed by atoms with van der Waals surface area (Å²) in [5.74, 6) is -0.511. The lowest BCUT2D eigenvalue weighted by molar-refractivity contribution is -0.141. The van der Waals surface area contributed by atoms with Gasteiger partial charge in [-0.2, -0.15) is 0 Å². The van der Waals surface area contributed by atoms with Gasteiger partial charge in [0.2, 0.25) is 0 Å². The molecule has 110 valence electrons. The van der Waals surface area contributed by atoms with Crippen LogP contribution in [0.1, 0.15) is 11.1 Å². The Morgan fingerprint density at radius 3 is 2.38 bits per heavy atom. The van der Waals surface area contributed by atoms with Crippen molar-refractivity contribution in [3.8, 4) is 5.75 Å². The number of halogens is 1. The van der Waals surface area contributed by atoms with Crippen LogP contribution in [0.4, 0.5) is 0 Å². The predicted octanol–water partition coefficient (Wildman–Crippen LogP) is 3.83. The fourth-order valence-corrected chi connectivity index (χ4v) is 2.45. The summed E-state index contributed by atoms with van der Waals surface area (Å²) in [6.45, 7) is 0. The summed E-state index contributed by atoms with van der Waals surface area (Å²) in [5, 5.41) is 10.0. The Morgan fingerprint density at radius 2 is 1.81 bits per heavy atom. The van der Waals surface area contributed by atoms with Crippen molar-refractivity contribution < 1.29 is 14.6 Å². The van der Waals surface area contributed by atoms with Crippen molar-refractivity contribution in [2.75, 3.05) is 7.11 Å². The van der Waals surface area contributed by atoms with Crippen molar-refractivity contribution in [3.63, 3.8) is 0 Å². The van der Waals surface area contributed by atoms with E-state index in [2.05, 4.69) is 0 Å². The minimum atomic E-state index is -0.800. The molecule has 2 aromatic rings. The van der Waals surface area contributed by atoms with Crippen molar-refractivity contribution in [2.45, 2.75) is 12.8 Å². The number of carboxylic acids is 1. The molecule has 0 saturated heterocycles. The molecule has 0 saturated carbocycles. The van der Waals surface area contributed by atoms with Crippen molar-refractivity contribution in [2.24, 2.45) is 5.92 Å². The van der Waals surface area contributed by atoms with Crippen molar-refractivity contribution in [1.29, 1.82) is 0 Å². The van der Waals surface area contributed by atoms with Crippen LogP contribution >= 0.6 is 11.6 Å². The molecule has 0 bridgehead atoms. The summed E-state index contributed by atoms with van der Waals surface area (Å²) in [7, 11) is 1.61. The number of aliphatic carboxylic acids is 1. The van der Waals surface area contributed by atoms with E-state index in [1.54, 1.807) is 13.2 Å². The highest BCUT2D eigenvalue weighted by atomic mass is 35.5. The normalized spacial score (nSPS) is 11.9. The first kappa shape index (κ1) is 15.4. The van der Waals surface area contributed by atoms with Crippen LogP contribution in [0.15, 0.2) is 48.5 Å². The largest absolute Gasteiger partial charge is 0.497 e. The first-order valence-electron chi connectivity index (χ1n) is 6.68. The molecule has 0 aliphatic heterocycles. The maximum Gasteiger partial charge on any atom is 0.307 e. The van der Waals surface area contributed by atoms with Gasteiger partial charge in [-0.05, 0) is 48.2 Å². The Morgan fingerprint density at radius 1 is 1.14 bits per heavy atom. The molecule has 2 aromatic carbocycles. The lowest BCUT2D eigenvalue weighted by Crippen LogP contribution is -2.19. The third-order valence-corrected chi connectivity index (χ3v) is 3.60. The molecule has 4 heteroatoms. The minimum absolute atomic E-state index is 0.460. The van der Waals surface area contributed by atoms with E-state index >= 15 is 0 Å². The van der Waals surface area contributed by atoms with E-state index in [9.17, 15) is 9.90 Å². The molecule has 0 radical (unpaired) electrons. The van der Waals surface area contributed by atoms with Crippen LogP contribution in [-0.4, -0.2) is 18.2 Å². The van der Waals surface area contributed by atoms with Crippen LogP contribution in [0, 0.1) is 5.92 Å². The number of carbonyl (C=O) groups is 1. The van der Waals surface area contributed by atoms with E-state index in [1.165, 1.54) is 0 Å². The number of benzene rings is 2. The highest BCUT2D eigenvalue weighted by molar-refractivity contribution is 6.30. The Hall–Kier alpha value is -2.00. The summed E-state index contributed by atoms with van der Waals surface area (Å²) in [5.41, 5.74) is 1.91. The highest BCUT2D eigenvalue weighted by Gasteiger charge is 2.18. The van der Waals surface area contributed by atoms with Gasteiger partial charge in [-0.1, -0.05) is 35.9 Å². The van der Waals surface area contributed by atoms with E-state index < -0.39 is 11.9 Å². The van der Waals surface area contributed by atoms with E-state index in [0.717, 1.165) is 16.9 Å². The minimum Gasteiger partial charge on any atom is -0.497 e. The molecule has 0 fully saturated rings. The Kier molecular flexibility index (Phi) is 5.23. The molecule has 1 unspecified atom stereocenters. The monoisotopic (exact) mass is 304 g/mol. The first-order chi connectivity index (χ1) is 10.1. The number of ether oxygens (including phenoxy) is 1. The smallest absolute Gasteiger partial charge is 0.307 e. The number of hydrogen-bond acceptors (Lipinski definition) is 2. The third kappa shape index (κ3) is 4.50. The number of carboxylic acid groups (broad SMARTS) is 1. The van der Waals surface area contributed by atoms with Crippen molar-refractivity contribution in [1.82, 2.24) is 0 Å². The molecule has 1 atom stereocenters. The maximum absolute atomic E-state index is 11.5. The fraction of sp³-hybridized carbons (Fsp3) is 0.235. The van der Waals surface area contributed by atoms with Crippen LogP contribution in [0.25, 0.3) is 0 Å². The van der Waals surface area contributed by atoms with Gasteiger partial charge >= 0.3 is 5.97 Å². The summed E-state index contributed by atoms with van der Waals surface area (Å²) in [6.07, 6.45) is 0.938. The third-order valence-electron chi connectivity index (χ3n) is 3.36. The van der Waals surface area contributed by atoms with Gasteiger partial charge in [0.15, 0.2) is 0 Å². The zero-order valence-electron chi connectivity index (χ0n) is 11.8. The van der Waals surface area contributed by atoms with E-state index in [0.29, 0.717) is 17.9 Å². The summed E-state index contributed by atoms with van der Waals surface area (Å²) < 4.78 is 5.10. The number of hydrogen-bond donors (Lipinski definition) is 1. The van der Waals surface area contributed by atoms with E-state index in [4.69, 9.17) is 16.3 Å². The summed E-state index contributed by atoms with van der Waals surface area (Å²) in [6, 6.07) is 14.8. The van der Waals surface area contributed by atoms with Gasteiger partial charge in [-0.25, -0.2) is 0 Å². The summed E-state index contributed by atoms with van der Waals surface area (Å²) in [4.78, 5) is 11.5. The lowest BCUT2D eigenvalue weighted by atomic mass is 9.92. The summed E-state index contributed by atoms with van der Waals surface area (Å²) >= 11 is 5.94. The van der Waals surface area contributed by atoms with Gasteiger partial charge in [-0.15, -0.1) is 0 Å². The van der Waals surface area contributed by atoms with Crippen LogP contribution in [0.5, 0.6) is 5.75 Å². The Bertz CT molecular complexity index is 608. The Balaban J connectivity index is 2.10. The van der Waals surface area contributed by atoms with Crippen molar-refractivity contribution in [3.05, 3.63) is 64.7 Å². The Labute approximate surface area is 129 Å². The van der Waals surface area contributed by atoms with Gasteiger partial charge in [0.1, 0.15) is 5.75 Å². The zero-order chi connectivity index (χ0) is 15.2. The quantitative estimate of drug-likeness (QED) is 0.882. The van der Waals surface area contributed by atoms with Crippen LogP contribution < -0.4 is 4.74 Å².